The van der Waals surface area contributed by atoms with Gasteiger partial charge >= 0.3 is 5.97 Å². The van der Waals surface area contributed by atoms with Crippen molar-refractivity contribution in [1.82, 2.24) is 9.78 Å². The number of hydrogen-bond donors (Lipinski definition) is 1. The molecule has 0 amide bonds. The Balaban J connectivity index is 2.09. The maximum Gasteiger partial charge on any atom is 0.335 e. The summed E-state index contributed by atoms with van der Waals surface area (Å²) in [5, 5.41) is 13.9. The van der Waals surface area contributed by atoms with Gasteiger partial charge in [-0.2, -0.15) is 5.10 Å². The van der Waals surface area contributed by atoms with Crippen LogP contribution in [0.5, 0.6) is 0 Å². The van der Waals surface area contributed by atoms with Crippen LogP contribution in [0.2, 0.25) is 5.02 Å². The molecule has 2 aromatic rings. The van der Waals surface area contributed by atoms with Gasteiger partial charge in [0.15, 0.2) is 0 Å². The topological polar surface area (TPSA) is 55.1 Å². The van der Waals surface area contributed by atoms with E-state index in [2.05, 4.69) is 5.10 Å². The average molecular weight is 311 g/mol. The summed E-state index contributed by atoms with van der Waals surface area (Å²) in [6.07, 6.45) is 0.810. The van der Waals surface area contributed by atoms with Gasteiger partial charge in [0, 0.05) is 17.7 Å². The first kappa shape index (κ1) is 14.9. The third-order valence-corrected chi connectivity index (χ3v) is 4.44. The van der Waals surface area contributed by atoms with Crippen LogP contribution in [-0.2, 0) is 19.2 Å². The molecule has 0 radical (unpaired) electrons. The van der Waals surface area contributed by atoms with Crippen LogP contribution in [0.1, 0.15) is 28.7 Å². The smallest absolute Gasteiger partial charge is 0.335 e. The number of carbonyl (C=O) groups is 1. The Labute approximate surface area is 126 Å². The highest BCUT2D eigenvalue weighted by molar-refractivity contribution is 7.98. The lowest BCUT2D eigenvalue weighted by molar-refractivity contribution is 0.0697. The van der Waals surface area contributed by atoms with Crippen molar-refractivity contribution in [1.29, 1.82) is 0 Å². The molecule has 1 heterocycles. The molecule has 1 aromatic heterocycles. The largest absolute Gasteiger partial charge is 0.478 e. The Morgan fingerprint density at radius 3 is 2.55 bits per heavy atom. The molecule has 0 aliphatic carbocycles. The van der Waals surface area contributed by atoms with Gasteiger partial charge in [-0.25, -0.2) is 4.79 Å². The van der Waals surface area contributed by atoms with Crippen LogP contribution in [0.3, 0.4) is 0 Å². The van der Waals surface area contributed by atoms with Crippen LogP contribution in [0.15, 0.2) is 29.2 Å². The molecule has 20 heavy (non-hydrogen) atoms. The van der Waals surface area contributed by atoms with Gasteiger partial charge < -0.3 is 5.11 Å². The number of carboxylic acids is 1. The Kier molecular flexibility index (Phi) is 4.73. The third kappa shape index (κ3) is 3.16. The highest BCUT2D eigenvalue weighted by Crippen LogP contribution is 2.28. The molecule has 0 spiro atoms. The van der Waals surface area contributed by atoms with Crippen LogP contribution in [-0.4, -0.2) is 20.9 Å². The van der Waals surface area contributed by atoms with E-state index in [9.17, 15) is 4.79 Å². The number of thioether (sulfide) groups is 1. The SMILES string of the molecule is CCc1nn(C)c(CSc2ccc(C(=O)O)cc2)c1Cl. The van der Waals surface area contributed by atoms with E-state index in [1.54, 1.807) is 40.7 Å². The van der Waals surface area contributed by atoms with Crippen molar-refractivity contribution < 1.29 is 9.90 Å². The fourth-order valence-corrected chi connectivity index (χ4v) is 3.22. The highest BCUT2D eigenvalue weighted by Gasteiger charge is 2.13. The van der Waals surface area contributed by atoms with E-state index in [1.165, 1.54) is 0 Å². The fraction of sp³-hybridized carbons (Fsp3) is 0.286. The number of benzene rings is 1. The van der Waals surface area contributed by atoms with Crippen molar-refractivity contribution in [3.05, 3.63) is 46.2 Å². The third-order valence-electron chi connectivity index (χ3n) is 2.98. The molecular formula is C14H15ClN2O2S. The molecule has 0 aliphatic rings. The van der Waals surface area contributed by atoms with Crippen molar-refractivity contribution in [2.24, 2.45) is 7.05 Å². The Bertz CT molecular complexity index is 623. The lowest BCUT2D eigenvalue weighted by atomic mass is 10.2. The summed E-state index contributed by atoms with van der Waals surface area (Å²) in [5.74, 6) is -0.210. The summed E-state index contributed by atoms with van der Waals surface area (Å²) in [5.41, 5.74) is 2.18. The molecule has 0 saturated heterocycles. The predicted octanol–water partition coefficient (Wildman–Crippen LogP) is 3.63. The Hall–Kier alpha value is -1.46. The van der Waals surface area contributed by atoms with E-state index < -0.39 is 5.97 Å². The van der Waals surface area contributed by atoms with E-state index in [1.807, 2.05) is 14.0 Å². The summed E-state index contributed by atoms with van der Waals surface area (Å²) in [4.78, 5) is 11.8. The number of carboxylic acid groups (broad SMARTS) is 1. The number of halogens is 1. The first-order chi connectivity index (χ1) is 9.52. The van der Waals surface area contributed by atoms with E-state index in [0.29, 0.717) is 11.3 Å². The molecule has 106 valence electrons. The Morgan fingerprint density at radius 2 is 2.05 bits per heavy atom. The number of aromatic carboxylic acids is 1. The number of hydrogen-bond acceptors (Lipinski definition) is 3. The maximum absolute atomic E-state index is 10.8. The summed E-state index contributed by atoms with van der Waals surface area (Å²) in [7, 11) is 1.88. The van der Waals surface area contributed by atoms with Gasteiger partial charge in [0.25, 0.3) is 0 Å². The zero-order valence-electron chi connectivity index (χ0n) is 11.3. The monoisotopic (exact) mass is 310 g/mol. The number of aromatic nitrogens is 2. The first-order valence-corrected chi connectivity index (χ1v) is 7.55. The van der Waals surface area contributed by atoms with Crippen molar-refractivity contribution in [2.75, 3.05) is 0 Å². The number of rotatable bonds is 5. The van der Waals surface area contributed by atoms with Gasteiger partial charge in [-0.1, -0.05) is 18.5 Å². The van der Waals surface area contributed by atoms with Crippen LogP contribution in [0.4, 0.5) is 0 Å². The van der Waals surface area contributed by atoms with Crippen LogP contribution < -0.4 is 0 Å². The van der Waals surface area contributed by atoms with E-state index in [0.717, 1.165) is 27.7 Å². The minimum Gasteiger partial charge on any atom is -0.478 e. The molecule has 0 bridgehead atoms. The fourth-order valence-electron chi connectivity index (χ4n) is 1.82. The van der Waals surface area contributed by atoms with Crippen molar-refractivity contribution in [2.45, 2.75) is 24.0 Å². The maximum atomic E-state index is 10.8. The predicted molar refractivity (Wildman–Crippen MR) is 80.6 cm³/mol. The minimum atomic E-state index is -0.913. The van der Waals surface area contributed by atoms with Gasteiger partial charge in [0.1, 0.15) is 0 Å². The molecule has 6 heteroatoms. The lowest BCUT2D eigenvalue weighted by Gasteiger charge is -2.04. The van der Waals surface area contributed by atoms with Gasteiger partial charge in [-0.3, -0.25) is 4.68 Å². The molecule has 0 atom stereocenters. The zero-order chi connectivity index (χ0) is 14.7. The molecule has 4 nitrogen and oxygen atoms in total. The quantitative estimate of drug-likeness (QED) is 0.857. The standard InChI is InChI=1S/C14H15ClN2O2S/c1-3-11-13(15)12(17(2)16-11)8-20-10-6-4-9(5-7-10)14(18)19/h4-7H,3,8H2,1-2H3,(H,18,19). The summed E-state index contributed by atoms with van der Waals surface area (Å²) in [6.45, 7) is 2.02. The van der Waals surface area contributed by atoms with Crippen molar-refractivity contribution in [3.63, 3.8) is 0 Å². The van der Waals surface area contributed by atoms with Gasteiger partial charge in [-0.05, 0) is 30.7 Å². The molecule has 1 aromatic carbocycles. The van der Waals surface area contributed by atoms with E-state index in [-0.39, 0.29) is 0 Å². The molecule has 0 fully saturated rings. The van der Waals surface area contributed by atoms with Crippen LogP contribution >= 0.6 is 23.4 Å². The molecule has 2 rings (SSSR count). The second-order valence-corrected chi connectivity index (χ2v) is 5.73. The molecule has 0 unspecified atom stereocenters. The van der Waals surface area contributed by atoms with Crippen LogP contribution in [0, 0.1) is 0 Å². The first-order valence-electron chi connectivity index (χ1n) is 6.19. The Morgan fingerprint density at radius 1 is 1.40 bits per heavy atom. The van der Waals surface area contributed by atoms with Crippen molar-refractivity contribution >= 4 is 29.3 Å². The number of nitrogens with zero attached hydrogens (tertiary/aromatic N) is 2. The second kappa shape index (κ2) is 6.33. The second-order valence-electron chi connectivity index (χ2n) is 4.30. The lowest BCUT2D eigenvalue weighted by Crippen LogP contribution is -1.97. The number of aryl methyl sites for hydroxylation is 2. The van der Waals surface area contributed by atoms with Gasteiger partial charge in [0.2, 0.25) is 0 Å². The molecule has 0 aliphatic heterocycles. The van der Waals surface area contributed by atoms with E-state index in [4.69, 9.17) is 16.7 Å². The summed E-state index contributed by atoms with van der Waals surface area (Å²) >= 11 is 7.90. The summed E-state index contributed by atoms with van der Waals surface area (Å²) in [6, 6.07) is 6.82. The normalized spacial score (nSPS) is 10.8. The average Bonchev–Trinajstić information content (AvgIpc) is 2.71. The van der Waals surface area contributed by atoms with Crippen LogP contribution in [0.25, 0.3) is 0 Å². The zero-order valence-corrected chi connectivity index (χ0v) is 12.8. The van der Waals surface area contributed by atoms with E-state index >= 15 is 0 Å². The van der Waals surface area contributed by atoms with Crippen molar-refractivity contribution in [3.8, 4) is 0 Å². The van der Waals surface area contributed by atoms with Gasteiger partial charge in [-0.15, -0.1) is 11.8 Å². The minimum absolute atomic E-state index is 0.293. The van der Waals surface area contributed by atoms with Gasteiger partial charge in [0.05, 0.1) is 22.0 Å². The molecule has 1 N–H and O–H groups in total. The summed E-state index contributed by atoms with van der Waals surface area (Å²) < 4.78 is 1.81. The molecule has 0 saturated carbocycles. The highest BCUT2D eigenvalue weighted by atomic mass is 35.5. The molecular weight excluding hydrogens is 296 g/mol.